The number of piperidine rings is 2. The van der Waals surface area contributed by atoms with Gasteiger partial charge in [0.2, 0.25) is 0 Å². The van der Waals surface area contributed by atoms with Crippen LogP contribution in [0.2, 0.25) is 0 Å². The van der Waals surface area contributed by atoms with E-state index in [4.69, 9.17) is 0 Å². The van der Waals surface area contributed by atoms with E-state index >= 15 is 0 Å². The van der Waals surface area contributed by atoms with Gasteiger partial charge in [0.1, 0.15) is 0 Å². The first-order valence-corrected chi connectivity index (χ1v) is 9.93. The molecule has 0 unspecified atom stereocenters. The molecule has 1 amide bonds. The number of carbonyl (C=O) groups is 1. The highest BCUT2D eigenvalue weighted by molar-refractivity contribution is 7.09. The van der Waals surface area contributed by atoms with E-state index in [0.29, 0.717) is 17.7 Å². The summed E-state index contributed by atoms with van der Waals surface area (Å²) in [6, 6.07) is 0.347. The Morgan fingerprint density at radius 2 is 2.16 bits per heavy atom. The van der Waals surface area contributed by atoms with Crippen molar-refractivity contribution in [3.05, 3.63) is 28.0 Å². The topological polar surface area (TPSA) is 75.9 Å². The van der Waals surface area contributed by atoms with Gasteiger partial charge in [-0.1, -0.05) is 5.21 Å². The maximum Gasteiger partial charge on any atom is 0.276 e. The summed E-state index contributed by atoms with van der Waals surface area (Å²) < 4.78 is 1.95. The van der Waals surface area contributed by atoms with Crippen molar-refractivity contribution in [2.24, 2.45) is 0 Å². The minimum atomic E-state index is 0.0129. The number of hydrogen-bond donors (Lipinski definition) is 1. The summed E-state index contributed by atoms with van der Waals surface area (Å²) in [4.78, 5) is 19.4. The van der Waals surface area contributed by atoms with E-state index in [1.807, 2.05) is 28.1 Å². The van der Waals surface area contributed by atoms with Gasteiger partial charge in [-0.05, 0) is 45.7 Å². The Kier molecular flexibility index (Phi) is 4.80. The number of aromatic nitrogens is 4. The summed E-state index contributed by atoms with van der Waals surface area (Å²) >= 11 is 1.68. The first-order chi connectivity index (χ1) is 12.2. The zero-order valence-electron chi connectivity index (χ0n) is 14.5. The zero-order valence-corrected chi connectivity index (χ0v) is 15.3. The maximum atomic E-state index is 13.0. The van der Waals surface area contributed by atoms with E-state index in [2.05, 4.69) is 20.6 Å². The van der Waals surface area contributed by atoms with Crippen LogP contribution in [0.1, 0.15) is 58.8 Å². The van der Waals surface area contributed by atoms with Crippen LogP contribution in [0.3, 0.4) is 0 Å². The summed E-state index contributed by atoms with van der Waals surface area (Å²) in [5.41, 5.74) is 1.41. The van der Waals surface area contributed by atoms with Crippen molar-refractivity contribution in [1.29, 1.82) is 0 Å². The molecule has 134 valence electrons. The van der Waals surface area contributed by atoms with Crippen LogP contribution >= 0.6 is 11.3 Å². The van der Waals surface area contributed by atoms with Crippen LogP contribution in [-0.4, -0.2) is 57.0 Å². The first kappa shape index (κ1) is 16.7. The Labute approximate surface area is 151 Å². The largest absolute Gasteiger partial charge is 0.336 e. The predicted octanol–water partition coefficient (Wildman–Crippen LogP) is 1.99. The Morgan fingerprint density at radius 1 is 1.32 bits per heavy atom. The molecule has 1 atom stereocenters. The lowest BCUT2D eigenvalue weighted by molar-refractivity contribution is 0.0700. The molecule has 0 spiro atoms. The lowest BCUT2D eigenvalue weighted by Crippen LogP contribution is -2.39. The second-order valence-electron chi connectivity index (χ2n) is 6.91. The quantitative estimate of drug-likeness (QED) is 0.906. The predicted molar refractivity (Wildman–Crippen MR) is 95.9 cm³/mol. The van der Waals surface area contributed by atoms with Gasteiger partial charge in [0.05, 0.1) is 16.7 Å². The Balaban J connectivity index is 1.49. The molecular formula is C17H24N6OS. The molecule has 8 heteroatoms. The molecule has 2 fully saturated rings. The molecule has 0 aromatic carbocycles. The Morgan fingerprint density at radius 3 is 2.92 bits per heavy atom. The molecule has 25 heavy (non-hydrogen) atoms. The molecular weight excluding hydrogens is 336 g/mol. The summed E-state index contributed by atoms with van der Waals surface area (Å²) in [5.74, 6) is 0.358. The molecule has 2 aromatic rings. The maximum absolute atomic E-state index is 13.0. The van der Waals surface area contributed by atoms with E-state index in [1.54, 1.807) is 11.3 Å². The van der Waals surface area contributed by atoms with E-state index in [-0.39, 0.29) is 5.91 Å². The lowest BCUT2D eigenvalue weighted by Gasteiger charge is -2.31. The van der Waals surface area contributed by atoms with Crippen molar-refractivity contribution in [3.8, 4) is 0 Å². The van der Waals surface area contributed by atoms with Gasteiger partial charge in [0, 0.05) is 30.6 Å². The smallest absolute Gasteiger partial charge is 0.276 e. The number of nitrogens with zero attached hydrogens (tertiary/aromatic N) is 5. The van der Waals surface area contributed by atoms with Crippen LogP contribution < -0.4 is 5.32 Å². The van der Waals surface area contributed by atoms with Crippen molar-refractivity contribution in [2.75, 3.05) is 26.2 Å². The van der Waals surface area contributed by atoms with Crippen LogP contribution in [0.5, 0.6) is 0 Å². The fourth-order valence-corrected chi connectivity index (χ4v) is 4.65. The SMILES string of the molecule is Cc1c(C(=O)N2CCC[C@H](c3nccs3)C2)nnn1C1CCNCC1. The first-order valence-electron chi connectivity index (χ1n) is 9.05. The number of hydrogen-bond acceptors (Lipinski definition) is 6. The third-order valence-corrected chi connectivity index (χ3v) is 6.23. The molecule has 1 N–H and O–H groups in total. The van der Waals surface area contributed by atoms with Crippen LogP contribution in [0.15, 0.2) is 11.6 Å². The molecule has 4 rings (SSSR count). The molecule has 7 nitrogen and oxygen atoms in total. The van der Waals surface area contributed by atoms with Gasteiger partial charge in [-0.15, -0.1) is 16.4 Å². The number of rotatable bonds is 3. The normalized spacial score (nSPS) is 22.3. The number of carbonyl (C=O) groups excluding carboxylic acids is 1. The van der Waals surface area contributed by atoms with Crippen molar-refractivity contribution in [3.63, 3.8) is 0 Å². The van der Waals surface area contributed by atoms with Gasteiger partial charge in [-0.25, -0.2) is 9.67 Å². The second kappa shape index (κ2) is 7.21. The molecule has 4 heterocycles. The molecule has 2 aliphatic heterocycles. The van der Waals surface area contributed by atoms with E-state index in [9.17, 15) is 4.79 Å². The third kappa shape index (κ3) is 3.32. The number of thiazole rings is 1. The van der Waals surface area contributed by atoms with Crippen molar-refractivity contribution in [2.45, 2.75) is 44.6 Å². The fourth-order valence-electron chi connectivity index (χ4n) is 3.89. The van der Waals surface area contributed by atoms with Gasteiger partial charge in [-0.2, -0.15) is 0 Å². The summed E-state index contributed by atoms with van der Waals surface area (Å²) in [6.45, 7) is 5.48. The minimum absolute atomic E-state index is 0.0129. The summed E-state index contributed by atoms with van der Waals surface area (Å²) in [6.07, 6.45) is 6.02. The highest BCUT2D eigenvalue weighted by Crippen LogP contribution is 2.29. The zero-order chi connectivity index (χ0) is 17.2. The van der Waals surface area contributed by atoms with E-state index in [1.165, 1.54) is 0 Å². The highest BCUT2D eigenvalue weighted by atomic mass is 32.1. The van der Waals surface area contributed by atoms with Crippen molar-refractivity contribution < 1.29 is 4.79 Å². The van der Waals surface area contributed by atoms with Crippen LogP contribution in [-0.2, 0) is 0 Å². The van der Waals surface area contributed by atoms with Gasteiger partial charge < -0.3 is 10.2 Å². The second-order valence-corrected chi connectivity index (χ2v) is 7.84. The average molecular weight is 360 g/mol. The standard InChI is InChI=1S/C17H24N6OS/c1-12-15(20-21-23(12)14-4-6-18-7-5-14)17(24)22-9-2-3-13(11-22)16-19-8-10-25-16/h8,10,13-14,18H,2-7,9,11H2,1H3/t13-/m0/s1. The van der Waals surface area contributed by atoms with Crippen LogP contribution in [0.25, 0.3) is 0 Å². The Hall–Kier alpha value is -1.80. The van der Waals surface area contributed by atoms with Crippen LogP contribution in [0.4, 0.5) is 0 Å². The average Bonchev–Trinajstić information content (AvgIpc) is 3.32. The van der Waals surface area contributed by atoms with Gasteiger partial charge >= 0.3 is 0 Å². The van der Waals surface area contributed by atoms with Gasteiger partial charge in [0.15, 0.2) is 5.69 Å². The van der Waals surface area contributed by atoms with Gasteiger partial charge in [-0.3, -0.25) is 4.79 Å². The van der Waals surface area contributed by atoms with E-state index in [0.717, 1.165) is 62.6 Å². The van der Waals surface area contributed by atoms with Gasteiger partial charge in [0.25, 0.3) is 5.91 Å². The fraction of sp³-hybridized carbons (Fsp3) is 0.647. The monoisotopic (exact) mass is 360 g/mol. The number of likely N-dealkylation sites (tertiary alicyclic amines) is 1. The molecule has 2 aliphatic rings. The third-order valence-electron chi connectivity index (χ3n) is 5.29. The number of nitrogens with one attached hydrogen (secondary N) is 1. The molecule has 0 radical (unpaired) electrons. The van der Waals surface area contributed by atoms with Crippen molar-refractivity contribution in [1.82, 2.24) is 30.2 Å². The number of amides is 1. The molecule has 0 aliphatic carbocycles. The summed E-state index contributed by atoms with van der Waals surface area (Å²) in [5, 5.41) is 15.0. The molecule has 0 saturated carbocycles. The Bertz CT molecular complexity index is 722. The van der Waals surface area contributed by atoms with Crippen molar-refractivity contribution >= 4 is 17.2 Å². The molecule has 2 saturated heterocycles. The molecule has 2 aromatic heterocycles. The molecule has 0 bridgehead atoms. The lowest BCUT2D eigenvalue weighted by atomic mass is 9.98. The van der Waals surface area contributed by atoms with E-state index < -0.39 is 0 Å². The highest BCUT2D eigenvalue weighted by Gasteiger charge is 2.30. The summed E-state index contributed by atoms with van der Waals surface area (Å²) in [7, 11) is 0. The van der Waals surface area contributed by atoms with Crippen LogP contribution in [0, 0.1) is 6.92 Å². The minimum Gasteiger partial charge on any atom is -0.336 e.